The second kappa shape index (κ2) is 6.22. The van der Waals surface area contributed by atoms with Gasteiger partial charge in [-0.3, -0.25) is 9.78 Å². The second-order valence-corrected chi connectivity index (χ2v) is 5.66. The van der Waals surface area contributed by atoms with E-state index in [0.717, 1.165) is 40.7 Å². The molecule has 3 rings (SSSR count). The molecule has 0 radical (unpaired) electrons. The summed E-state index contributed by atoms with van der Waals surface area (Å²) >= 11 is 0. The van der Waals surface area contributed by atoms with Gasteiger partial charge in [0.05, 0.1) is 7.11 Å². The van der Waals surface area contributed by atoms with Crippen molar-refractivity contribution in [3.63, 3.8) is 0 Å². The van der Waals surface area contributed by atoms with E-state index in [0.29, 0.717) is 13.1 Å². The molecule has 2 N–H and O–H groups in total. The first-order valence-corrected chi connectivity index (χ1v) is 7.64. The molecule has 1 aliphatic rings. The Hall–Kier alpha value is -2.30. The van der Waals surface area contributed by atoms with Crippen LogP contribution in [0.2, 0.25) is 0 Å². The van der Waals surface area contributed by atoms with Crippen LogP contribution in [-0.2, 0) is 4.79 Å². The van der Waals surface area contributed by atoms with E-state index in [-0.39, 0.29) is 11.8 Å². The molecular formula is C17H21N3O2. The SMILES string of the molecule is COc1cccc2c(NCCNC(=O)C3CC3)c(C)cnc12. The summed E-state index contributed by atoms with van der Waals surface area (Å²) in [6, 6.07) is 5.90. The molecule has 116 valence electrons. The number of amides is 1. The minimum Gasteiger partial charge on any atom is -0.494 e. The molecule has 1 aromatic heterocycles. The molecule has 1 fully saturated rings. The molecule has 2 aromatic rings. The molecule has 1 aromatic carbocycles. The minimum atomic E-state index is 0.180. The van der Waals surface area contributed by atoms with Crippen LogP contribution in [0.1, 0.15) is 18.4 Å². The van der Waals surface area contributed by atoms with Crippen LogP contribution >= 0.6 is 0 Å². The summed E-state index contributed by atoms with van der Waals surface area (Å²) in [6.45, 7) is 3.34. The number of pyridine rings is 1. The van der Waals surface area contributed by atoms with Gasteiger partial charge in [0, 0.05) is 36.3 Å². The van der Waals surface area contributed by atoms with Crippen LogP contribution in [0.25, 0.3) is 10.9 Å². The normalized spacial score (nSPS) is 13.9. The highest BCUT2D eigenvalue weighted by Gasteiger charge is 2.28. The zero-order valence-corrected chi connectivity index (χ0v) is 13.0. The number of para-hydroxylation sites is 1. The third-order valence-electron chi connectivity index (χ3n) is 3.94. The second-order valence-electron chi connectivity index (χ2n) is 5.66. The van der Waals surface area contributed by atoms with E-state index in [2.05, 4.69) is 15.6 Å². The van der Waals surface area contributed by atoms with E-state index in [1.54, 1.807) is 7.11 Å². The van der Waals surface area contributed by atoms with Crippen LogP contribution in [0.5, 0.6) is 5.75 Å². The third-order valence-corrected chi connectivity index (χ3v) is 3.94. The Balaban J connectivity index is 1.72. The third kappa shape index (κ3) is 2.98. The van der Waals surface area contributed by atoms with E-state index < -0.39 is 0 Å². The predicted octanol–water partition coefficient (Wildman–Crippen LogP) is 2.49. The fourth-order valence-electron chi connectivity index (χ4n) is 2.56. The summed E-state index contributed by atoms with van der Waals surface area (Å²) in [4.78, 5) is 16.1. The Morgan fingerprint density at radius 1 is 1.36 bits per heavy atom. The Kier molecular flexibility index (Phi) is 4.13. The molecule has 1 aliphatic carbocycles. The van der Waals surface area contributed by atoms with Gasteiger partial charge in [-0.05, 0) is 31.4 Å². The maximum atomic E-state index is 11.6. The van der Waals surface area contributed by atoms with Crippen LogP contribution in [0.3, 0.4) is 0 Å². The number of hydrogen-bond donors (Lipinski definition) is 2. The molecule has 1 heterocycles. The smallest absolute Gasteiger partial charge is 0.223 e. The van der Waals surface area contributed by atoms with Crippen LogP contribution in [0.4, 0.5) is 5.69 Å². The van der Waals surface area contributed by atoms with Crippen molar-refractivity contribution in [2.75, 3.05) is 25.5 Å². The molecule has 0 saturated heterocycles. The van der Waals surface area contributed by atoms with E-state index in [4.69, 9.17) is 4.74 Å². The summed E-state index contributed by atoms with van der Waals surface area (Å²) in [7, 11) is 1.65. The number of rotatable bonds is 6. The van der Waals surface area contributed by atoms with Gasteiger partial charge in [-0.1, -0.05) is 12.1 Å². The highest BCUT2D eigenvalue weighted by Crippen LogP contribution is 2.31. The van der Waals surface area contributed by atoms with E-state index in [1.165, 1.54) is 0 Å². The first kappa shape index (κ1) is 14.6. The zero-order chi connectivity index (χ0) is 15.5. The number of fused-ring (bicyclic) bond motifs is 1. The van der Waals surface area contributed by atoms with Gasteiger partial charge in [0.15, 0.2) is 0 Å². The number of carbonyl (C=O) groups excluding carboxylic acids is 1. The molecule has 0 atom stereocenters. The number of anilines is 1. The first-order valence-electron chi connectivity index (χ1n) is 7.64. The molecule has 1 amide bonds. The fourth-order valence-corrected chi connectivity index (χ4v) is 2.56. The summed E-state index contributed by atoms with van der Waals surface area (Å²) in [5, 5.41) is 7.41. The number of ether oxygens (including phenoxy) is 1. The molecule has 5 nitrogen and oxygen atoms in total. The molecule has 0 spiro atoms. The van der Waals surface area contributed by atoms with Crippen molar-refractivity contribution in [1.82, 2.24) is 10.3 Å². The molecule has 22 heavy (non-hydrogen) atoms. The predicted molar refractivity (Wildman–Crippen MR) is 87.3 cm³/mol. The van der Waals surface area contributed by atoms with Gasteiger partial charge in [0.2, 0.25) is 5.91 Å². The van der Waals surface area contributed by atoms with Crippen LogP contribution < -0.4 is 15.4 Å². The van der Waals surface area contributed by atoms with Crippen molar-refractivity contribution in [3.8, 4) is 5.75 Å². The van der Waals surface area contributed by atoms with Crippen molar-refractivity contribution in [2.24, 2.45) is 5.92 Å². The maximum absolute atomic E-state index is 11.6. The van der Waals surface area contributed by atoms with E-state index >= 15 is 0 Å². The van der Waals surface area contributed by atoms with Crippen LogP contribution in [-0.4, -0.2) is 31.1 Å². The van der Waals surface area contributed by atoms with Crippen molar-refractivity contribution < 1.29 is 9.53 Å². The summed E-state index contributed by atoms with van der Waals surface area (Å²) < 4.78 is 5.37. The number of carbonyl (C=O) groups is 1. The number of aromatic nitrogens is 1. The number of nitrogens with one attached hydrogen (secondary N) is 2. The lowest BCUT2D eigenvalue weighted by atomic mass is 10.1. The minimum absolute atomic E-state index is 0.180. The molecule has 1 saturated carbocycles. The number of aryl methyl sites for hydroxylation is 1. The Labute approximate surface area is 130 Å². The quantitative estimate of drug-likeness (QED) is 0.804. The van der Waals surface area contributed by atoms with Crippen LogP contribution in [0, 0.1) is 12.8 Å². The Morgan fingerprint density at radius 2 is 2.18 bits per heavy atom. The highest BCUT2D eigenvalue weighted by molar-refractivity contribution is 5.96. The molecule has 0 bridgehead atoms. The van der Waals surface area contributed by atoms with Gasteiger partial charge < -0.3 is 15.4 Å². The van der Waals surface area contributed by atoms with Crippen molar-refractivity contribution in [2.45, 2.75) is 19.8 Å². The number of benzene rings is 1. The summed E-state index contributed by atoms with van der Waals surface area (Å²) in [5.74, 6) is 1.20. The molecule has 0 unspecified atom stereocenters. The number of hydrogen-bond acceptors (Lipinski definition) is 4. The topological polar surface area (TPSA) is 63.2 Å². The number of methoxy groups -OCH3 is 1. The van der Waals surface area contributed by atoms with Gasteiger partial charge in [-0.2, -0.15) is 0 Å². The Bertz CT molecular complexity index is 696. The van der Waals surface area contributed by atoms with Gasteiger partial charge >= 0.3 is 0 Å². The first-order chi connectivity index (χ1) is 10.7. The standard InChI is InChI=1S/C17H21N3O2/c1-11-10-20-16-13(4-3-5-14(16)22-2)15(11)18-8-9-19-17(21)12-6-7-12/h3-5,10,12H,6-9H2,1-2H3,(H,18,20)(H,19,21). The molecular weight excluding hydrogens is 278 g/mol. The van der Waals surface area contributed by atoms with Gasteiger partial charge in [0.25, 0.3) is 0 Å². The molecule has 5 heteroatoms. The largest absolute Gasteiger partial charge is 0.494 e. The monoisotopic (exact) mass is 299 g/mol. The maximum Gasteiger partial charge on any atom is 0.223 e. The van der Waals surface area contributed by atoms with Gasteiger partial charge in [-0.25, -0.2) is 0 Å². The summed E-state index contributed by atoms with van der Waals surface area (Å²) in [6.07, 6.45) is 3.91. The van der Waals surface area contributed by atoms with Gasteiger partial charge in [0.1, 0.15) is 11.3 Å². The highest BCUT2D eigenvalue weighted by atomic mass is 16.5. The summed E-state index contributed by atoms with van der Waals surface area (Å²) in [5.41, 5.74) is 2.97. The average Bonchev–Trinajstić information content (AvgIpc) is 3.37. The van der Waals surface area contributed by atoms with Crippen molar-refractivity contribution in [1.29, 1.82) is 0 Å². The fraction of sp³-hybridized carbons (Fsp3) is 0.412. The van der Waals surface area contributed by atoms with Crippen molar-refractivity contribution >= 4 is 22.5 Å². The lowest BCUT2D eigenvalue weighted by Crippen LogP contribution is -2.29. The van der Waals surface area contributed by atoms with Crippen LogP contribution in [0.15, 0.2) is 24.4 Å². The Morgan fingerprint density at radius 3 is 2.91 bits per heavy atom. The lowest BCUT2D eigenvalue weighted by molar-refractivity contribution is -0.122. The van der Waals surface area contributed by atoms with E-state index in [9.17, 15) is 4.79 Å². The average molecular weight is 299 g/mol. The lowest BCUT2D eigenvalue weighted by Gasteiger charge is -2.14. The number of nitrogens with zero attached hydrogens (tertiary/aromatic N) is 1. The van der Waals surface area contributed by atoms with E-state index in [1.807, 2.05) is 31.3 Å². The molecule has 0 aliphatic heterocycles. The zero-order valence-electron chi connectivity index (χ0n) is 13.0. The van der Waals surface area contributed by atoms with Crippen molar-refractivity contribution in [3.05, 3.63) is 30.0 Å². The van der Waals surface area contributed by atoms with Gasteiger partial charge in [-0.15, -0.1) is 0 Å².